The van der Waals surface area contributed by atoms with Crippen LogP contribution >= 0.6 is 0 Å². The van der Waals surface area contributed by atoms with E-state index in [4.69, 9.17) is 13.9 Å². The highest BCUT2D eigenvalue weighted by molar-refractivity contribution is 5.90. The Bertz CT molecular complexity index is 1090. The second kappa shape index (κ2) is 7.76. The van der Waals surface area contributed by atoms with E-state index < -0.39 is 0 Å². The van der Waals surface area contributed by atoms with Crippen LogP contribution < -0.4 is 4.74 Å². The van der Waals surface area contributed by atoms with Crippen molar-refractivity contribution in [3.8, 4) is 17.1 Å². The van der Waals surface area contributed by atoms with E-state index >= 15 is 0 Å². The van der Waals surface area contributed by atoms with Crippen molar-refractivity contribution in [2.75, 3.05) is 39.4 Å². The summed E-state index contributed by atoms with van der Waals surface area (Å²) in [6, 6.07) is 17.9. The summed E-state index contributed by atoms with van der Waals surface area (Å²) in [6.45, 7) is 6.13. The van der Waals surface area contributed by atoms with E-state index in [2.05, 4.69) is 22.0 Å². The van der Waals surface area contributed by atoms with Crippen molar-refractivity contribution in [2.24, 2.45) is 5.41 Å². The minimum atomic E-state index is -0.202. The van der Waals surface area contributed by atoms with Gasteiger partial charge in [0.2, 0.25) is 0 Å². The highest BCUT2D eigenvalue weighted by Crippen LogP contribution is 2.38. The molecule has 0 aliphatic carbocycles. The number of nitrogens with zero attached hydrogens (tertiary/aromatic N) is 3. The lowest BCUT2D eigenvalue weighted by Gasteiger charge is -2.55. The van der Waals surface area contributed by atoms with Crippen LogP contribution in [-0.4, -0.2) is 66.2 Å². The molecule has 6 rings (SSSR count). The topological polar surface area (TPSA) is 68.0 Å². The number of rotatable bonds is 6. The van der Waals surface area contributed by atoms with E-state index in [0.717, 1.165) is 44.2 Å². The molecular weight excluding hydrogens is 406 g/mol. The third-order valence-electron chi connectivity index (χ3n) is 6.45. The van der Waals surface area contributed by atoms with Gasteiger partial charge in [-0.05, 0) is 17.7 Å². The molecule has 3 fully saturated rings. The monoisotopic (exact) mass is 431 g/mol. The molecule has 7 heteroatoms. The second-order valence-electron chi connectivity index (χ2n) is 9.13. The summed E-state index contributed by atoms with van der Waals surface area (Å²) in [6.07, 6.45) is 1.58. The van der Waals surface area contributed by atoms with Gasteiger partial charge in [-0.3, -0.25) is 9.69 Å². The number of aromatic nitrogens is 1. The number of oxazole rings is 1. The predicted octanol–water partition coefficient (Wildman–Crippen LogP) is 3.08. The fourth-order valence-electron chi connectivity index (χ4n) is 4.63. The van der Waals surface area contributed by atoms with Crippen LogP contribution in [0.15, 0.2) is 65.2 Å². The Morgan fingerprint density at radius 2 is 1.81 bits per heavy atom. The van der Waals surface area contributed by atoms with Crippen LogP contribution in [0.3, 0.4) is 0 Å². The number of hydrogen-bond donors (Lipinski definition) is 0. The molecule has 0 radical (unpaired) electrons. The molecule has 7 nitrogen and oxygen atoms in total. The lowest BCUT2D eigenvalue weighted by atomic mass is 9.78. The smallest absolute Gasteiger partial charge is 0.309 e. The van der Waals surface area contributed by atoms with Crippen LogP contribution in [-0.2, 0) is 11.3 Å². The molecule has 0 N–H and O–H groups in total. The van der Waals surface area contributed by atoms with E-state index in [9.17, 15) is 4.79 Å². The van der Waals surface area contributed by atoms with E-state index in [1.807, 2.05) is 42.5 Å². The van der Waals surface area contributed by atoms with Gasteiger partial charge >= 0.3 is 5.91 Å². The number of likely N-dealkylation sites (tertiary alicyclic amines) is 2. The van der Waals surface area contributed by atoms with Crippen LogP contribution in [0.25, 0.3) is 11.3 Å². The number of benzene rings is 2. The van der Waals surface area contributed by atoms with Crippen molar-refractivity contribution >= 4 is 5.91 Å². The number of amides is 1. The molecule has 164 valence electrons. The van der Waals surface area contributed by atoms with Crippen LogP contribution in [0.2, 0.25) is 0 Å². The molecule has 0 bridgehead atoms. The maximum Gasteiger partial charge on any atom is 0.309 e. The SMILES string of the molecule is O=C(c1ncc(-c2ccccc2)o1)N1CC(Oc2ccc(CN3CC4(COC4)C3)cc2)C1. The molecule has 0 unspecified atom stereocenters. The van der Waals surface area contributed by atoms with Crippen LogP contribution in [0.4, 0.5) is 0 Å². The lowest BCUT2D eigenvalue weighted by Crippen LogP contribution is -2.65. The van der Waals surface area contributed by atoms with Gasteiger partial charge in [-0.15, -0.1) is 0 Å². The fraction of sp³-hybridized carbons (Fsp3) is 0.360. The van der Waals surface area contributed by atoms with Gasteiger partial charge in [0.25, 0.3) is 5.89 Å². The molecule has 1 amide bonds. The first-order valence-corrected chi connectivity index (χ1v) is 11.0. The summed E-state index contributed by atoms with van der Waals surface area (Å²) in [7, 11) is 0. The Kier molecular flexibility index (Phi) is 4.73. The summed E-state index contributed by atoms with van der Waals surface area (Å²) >= 11 is 0. The first-order chi connectivity index (χ1) is 15.7. The number of carbonyl (C=O) groups is 1. The van der Waals surface area contributed by atoms with Gasteiger partial charge in [0.05, 0.1) is 32.5 Å². The van der Waals surface area contributed by atoms with Crippen molar-refractivity contribution in [3.05, 3.63) is 72.2 Å². The molecule has 3 saturated heterocycles. The van der Waals surface area contributed by atoms with E-state index in [-0.39, 0.29) is 17.9 Å². The largest absolute Gasteiger partial charge is 0.487 e. The van der Waals surface area contributed by atoms with Gasteiger partial charge in [0.1, 0.15) is 11.9 Å². The van der Waals surface area contributed by atoms with Crippen molar-refractivity contribution in [3.63, 3.8) is 0 Å². The highest BCUT2D eigenvalue weighted by Gasteiger charge is 2.48. The summed E-state index contributed by atoms with van der Waals surface area (Å²) in [4.78, 5) is 20.9. The van der Waals surface area contributed by atoms with Crippen molar-refractivity contribution < 1.29 is 18.7 Å². The molecule has 32 heavy (non-hydrogen) atoms. The minimum Gasteiger partial charge on any atom is -0.487 e. The average Bonchev–Trinajstić information content (AvgIpc) is 3.23. The molecule has 4 heterocycles. The summed E-state index contributed by atoms with van der Waals surface area (Å²) in [5.41, 5.74) is 2.64. The molecule has 2 aromatic carbocycles. The summed E-state index contributed by atoms with van der Waals surface area (Å²) in [5, 5.41) is 0. The van der Waals surface area contributed by atoms with Gasteiger partial charge in [0.15, 0.2) is 5.76 Å². The quantitative estimate of drug-likeness (QED) is 0.598. The normalized spacial score (nSPS) is 19.8. The van der Waals surface area contributed by atoms with Crippen molar-refractivity contribution in [2.45, 2.75) is 12.6 Å². The van der Waals surface area contributed by atoms with Gasteiger partial charge in [-0.2, -0.15) is 0 Å². The maximum absolute atomic E-state index is 12.6. The third-order valence-corrected chi connectivity index (χ3v) is 6.45. The third kappa shape index (κ3) is 3.67. The summed E-state index contributed by atoms with van der Waals surface area (Å²) in [5.74, 6) is 1.34. The zero-order valence-corrected chi connectivity index (χ0v) is 17.8. The van der Waals surface area contributed by atoms with Gasteiger partial charge in [-0.1, -0.05) is 42.5 Å². The summed E-state index contributed by atoms with van der Waals surface area (Å²) < 4.78 is 17.0. The minimum absolute atomic E-state index is 0.0118. The number of ether oxygens (including phenoxy) is 2. The number of carbonyl (C=O) groups excluding carboxylic acids is 1. The molecular formula is C25H25N3O4. The molecule has 3 aliphatic rings. The standard InChI is InChI=1S/C25H25N3O4/c29-24(23-26-10-22(32-23)19-4-2-1-3-5-19)28-12-21(13-28)31-20-8-6-18(7-9-20)11-27-14-25(15-27)16-30-17-25/h1-10,21H,11-17H2. The molecule has 1 aromatic heterocycles. The Balaban J connectivity index is 0.979. The molecule has 3 aliphatic heterocycles. The Hall–Kier alpha value is -3.16. The van der Waals surface area contributed by atoms with Crippen LogP contribution in [0.1, 0.15) is 16.2 Å². The van der Waals surface area contributed by atoms with Crippen molar-refractivity contribution in [1.82, 2.24) is 14.8 Å². The Morgan fingerprint density at radius 3 is 2.50 bits per heavy atom. The van der Waals surface area contributed by atoms with E-state index in [1.165, 1.54) is 5.56 Å². The van der Waals surface area contributed by atoms with E-state index in [0.29, 0.717) is 24.3 Å². The lowest BCUT2D eigenvalue weighted by molar-refractivity contribution is -0.191. The van der Waals surface area contributed by atoms with Crippen LogP contribution in [0.5, 0.6) is 5.75 Å². The van der Waals surface area contributed by atoms with E-state index in [1.54, 1.807) is 11.1 Å². The average molecular weight is 431 g/mol. The zero-order valence-electron chi connectivity index (χ0n) is 17.8. The molecule has 0 saturated carbocycles. The van der Waals surface area contributed by atoms with Crippen LogP contribution in [0, 0.1) is 5.41 Å². The highest BCUT2D eigenvalue weighted by atomic mass is 16.5. The first-order valence-electron chi connectivity index (χ1n) is 11.0. The maximum atomic E-state index is 12.6. The van der Waals surface area contributed by atoms with Gasteiger partial charge in [-0.25, -0.2) is 4.98 Å². The van der Waals surface area contributed by atoms with Crippen molar-refractivity contribution in [1.29, 1.82) is 0 Å². The second-order valence-corrected chi connectivity index (χ2v) is 9.13. The Labute approximate surface area is 186 Å². The predicted molar refractivity (Wildman–Crippen MR) is 117 cm³/mol. The van der Waals surface area contributed by atoms with Gasteiger partial charge in [0, 0.05) is 30.6 Å². The zero-order chi connectivity index (χ0) is 21.5. The fourth-order valence-corrected chi connectivity index (χ4v) is 4.63. The Morgan fingerprint density at radius 1 is 1.06 bits per heavy atom. The molecule has 0 atom stereocenters. The first kappa shape index (κ1) is 19.5. The molecule has 3 aromatic rings. The number of hydrogen-bond acceptors (Lipinski definition) is 6. The van der Waals surface area contributed by atoms with Gasteiger partial charge < -0.3 is 18.8 Å². The molecule has 1 spiro atoms.